The molecule has 3 nitrogen and oxygen atoms in total. The Morgan fingerprint density at radius 3 is 2.46 bits per heavy atom. The minimum Gasteiger partial charge on any atom is -0.441 e. The molecule has 0 radical (unpaired) electrons. The van der Waals surface area contributed by atoms with Gasteiger partial charge in [-0.25, -0.2) is 0 Å². The van der Waals surface area contributed by atoms with E-state index >= 15 is 0 Å². The lowest BCUT2D eigenvalue weighted by molar-refractivity contribution is -0.154. The van der Waals surface area contributed by atoms with Crippen LogP contribution in [0.25, 0.3) is 0 Å². The fourth-order valence-electron chi connectivity index (χ4n) is 0.841. The van der Waals surface area contributed by atoms with Crippen LogP contribution in [0.15, 0.2) is 10.5 Å². The average Bonchev–Trinajstić information content (AvgIpc) is 2.46. The molecule has 0 saturated heterocycles. The Bertz CT molecular complexity index is 348. The standard InChI is InChI=1S/C7H4F3NO2/c8-7(9,10)6-4(3-12)1-5(2-11)13-6/h1,12H,3H2. The third kappa shape index (κ3) is 1.81. The van der Waals surface area contributed by atoms with Gasteiger partial charge in [0.15, 0.2) is 0 Å². The fraction of sp³-hybridized carbons (Fsp3) is 0.286. The number of aliphatic hydroxyl groups excluding tert-OH is 1. The molecule has 70 valence electrons. The van der Waals surface area contributed by atoms with Crippen molar-refractivity contribution in [2.75, 3.05) is 0 Å². The van der Waals surface area contributed by atoms with E-state index in [9.17, 15) is 13.2 Å². The number of nitriles is 1. The molecule has 0 unspecified atom stereocenters. The molecule has 0 aromatic carbocycles. The zero-order valence-corrected chi connectivity index (χ0v) is 6.22. The van der Waals surface area contributed by atoms with Crippen LogP contribution in [0.3, 0.4) is 0 Å². The zero-order chi connectivity index (χ0) is 10.1. The van der Waals surface area contributed by atoms with Gasteiger partial charge in [-0.1, -0.05) is 0 Å². The molecule has 13 heavy (non-hydrogen) atoms. The summed E-state index contributed by atoms with van der Waals surface area (Å²) in [7, 11) is 0. The Morgan fingerprint density at radius 2 is 2.15 bits per heavy atom. The van der Waals surface area contributed by atoms with Crippen LogP contribution in [0.1, 0.15) is 17.1 Å². The third-order valence-corrected chi connectivity index (χ3v) is 1.35. The van der Waals surface area contributed by atoms with Gasteiger partial charge in [0.2, 0.25) is 11.5 Å². The van der Waals surface area contributed by atoms with Gasteiger partial charge in [0, 0.05) is 11.6 Å². The van der Waals surface area contributed by atoms with E-state index in [2.05, 4.69) is 4.42 Å². The highest BCUT2D eigenvalue weighted by atomic mass is 19.4. The van der Waals surface area contributed by atoms with Crippen LogP contribution in [0.4, 0.5) is 13.2 Å². The molecule has 0 bridgehead atoms. The number of aliphatic hydroxyl groups is 1. The maximum Gasteiger partial charge on any atom is 0.449 e. The SMILES string of the molecule is N#Cc1cc(CO)c(C(F)(F)F)o1. The predicted octanol–water partition coefficient (Wildman–Crippen LogP) is 1.66. The van der Waals surface area contributed by atoms with Crippen molar-refractivity contribution < 1.29 is 22.7 Å². The summed E-state index contributed by atoms with van der Waals surface area (Å²) in [6, 6.07) is 2.28. The normalized spacial score (nSPS) is 11.3. The van der Waals surface area contributed by atoms with E-state index in [0.717, 1.165) is 6.07 Å². The topological polar surface area (TPSA) is 57.2 Å². The lowest BCUT2D eigenvalue weighted by Gasteiger charge is -2.02. The van der Waals surface area contributed by atoms with Gasteiger partial charge < -0.3 is 9.52 Å². The average molecular weight is 191 g/mol. The first-order valence-corrected chi connectivity index (χ1v) is 3.20. The molecule has 6 heteroatoms. The van der Waals surface area contributed by atoms with Crippen molar-refractivity contribution in [3.8, 4) is 6.07 Å². The lowest BCUT2D eigenvalue weighted by atomic mass is 10.2. The first-order chi connectivity index (χ1) is 5.99. The highest BCUT2D eigenvalue weighted by molar-refractivity contribution is 5.29. The summed E-state index contributed by atoms with van der Waals surface area (Å²) in [6.07, 6.45) is -4.67. The van der Waals surface area contributed by atoms with E-state index in [1.807, 2.05) is 0 Å². The monoisotopic (exact) mass is 191 g/mol. The van der Waals surface area contributed by atoms with Gasteiger partial charge in [0.05, 0.1) is 6.61 Å². The van der Waals surface area contributed by atoms with E-state index in [0.29, 0.717) is 0 Å². The highest BCUT2D eigenvalue weighted by Crippen LogP contribution is 2.33. The Balaban J connectivity index is 3.21. The smallest absolute Gasteiger partial charge is 0.441 e. The van der Waals surface area contributed by atoms with Crippen molar-refractivity contribution in [2.45, 2.75) is 12.8 Å². The molecular formula is C7H4F3NO2. The van der Waals surface area contributed by atoms with Gasteiger partial charge >= 0.3 is 6.18 Å². The molecule has 1 aromatic rings. The third-order valence-electron chi connectivity index (χ3n) is 1.35. The minimum absolute atomic E-state index is 0.427. The van der Waals surface area contributed by atoms with Crippen LogP contribution in [0.2, 0.25) is 0 Å². The Kier molecular flexibility index (Phi) is 2.30. The molecule has 0 aliphatic carbocycles. The van der Waals surface area contributed by atoms with E-state index in [4.69, 9.17) is 10.4 Å². The minimum atomic E-state index is -4.67. The number of hydrogen-bond acceptors (Lipinski definition) is 3. The molecular weight excluding hydrogens is 187 g/mol. The summed E-state index contributed by atoms with van der Waals surface area (Å²) in [4.78, 5) is 0. The summed E-state index contributed by atoms with van der Waals surface area (Å²) in [5.41, 5.74) is -0.427. The van der Waals surface area contributed by atoms with Crippen molar-refractivity contribution in [3.05, 3.63) is 23.2 Å². The summed E-state index contributed by atoms with van der Waals surface area (Å²) in [6.45, 7) is -0.806. The zero-order valence-electron chi connectivity index (χ0n) is 6.22. The highest BCUT2D eigenvalue weighted by Gasteiger charge is 2.38. The van der Waals surface area contributed by atoms with E-state index in [1.165, 1.54) is 6.07 Å². The number of nitrogens with zero attached hydrogens (tertiary/aromatic N) is 1. The van der Waals surface area contributed by atoms with Crippen molar-refractivity contribution in [3.63, 3.8) is 0 Å². The number of rotatable bonds is 1. The van der Waals surface area contributed by atoms with Crippen molar-refractivity contribution in [1.82, 2.24) is 0 Å². The van der Waals surface area contributed by atoms with Crippen LogP contribution >= 0.6 is 0 Å². The fourth-order valence-corrected chi connectivity index (χ4v) is 0.841. The molecule has 0 spiro atoms. The molecule has 0 saturated carbocycles. The van der Waals surface area contributed by atoms with E-state index in [-0.39, 0.29) is 0 Å². The van der Waals surface area contributed by atoms with Gasteiger partial charge in [-0.05, 0) is 0 Å². The number of alkyl halides is 3. The van der Waals surface area contributed by atoms with Gasteiger partial charge in [0.1, 0.15) is 6.07 Å². The number of halogens is 3. The van der Waals surface area contributed by atoms with E-state index < -0.39 is 29.9 Å². The summed E-state index contributed by atoms with van der Waals surface area (Å²) >= 11 is 0. The van der Waals surface area contributed by atoms with Crippen LogP contribution in [-0.2, 0) is 12.8 Å². The quantitative estimate of drug-likeness (QED) is 0.734. The van der Waals surface area contributed by atoms with Crippen LogP contribution < -0.4 is 0 Å². The summed E-state index contributed by atoms with van der Waals surface area (Å²) < 4.78 is 40.4. The molecule has 1 rings (SSSR count). The van der Waals surface area contributed by atoms with E-state index in [1.54, 1.807) is 0 Å². The Morgan fingerprint density at radius 1 is 1.54 bits per heavy atom. The molecule has 0 fully saturated rings. The molecule has 1 N–H and O–H groups in total. The second-order valence-corrected chi connectivity index (χ2v) is 2.23. The summed E-state index contributed by atoms with van der Waals surface area (Å²) in [5.74, 6) is -1.78. The van der Waals surface area contributed by atoms with Crippen LogP contribution in [0.5, 0.6) is 0 Å². The molecule has 1 aromatic heterocycles. The lowest BCUT2D eigenvalue weighted by Crippen LogP contribution is -2.06. The maximum atomic E-state index is 12.1. The van der Waals surface area contributed by atoms with Crippen molar-refractivity contribution >= 4 is 0 Å². The first-order valence-electron chi connectivity index (χ1n) is 3.20. The Labute approximate surface area is 71.0 Å². The molecule has 0 aliphatic rings. The van der Waals surface area contributed by atoms with Crippen molar-refractivity contribution in [2.24, 2.45) is 0 Å². The van der Waals surface area contributed by atoms with Gasteiger partial charge in [-0.15, -0.1) is 0 Å². The van der Waals surface area contributed by atoms with Gasteiger partial charge in [-0.3, -0.25) is 0 Å². The molecule has 0 amide bonds. The van der Waals surface area contributed by atoms with Gasteiger partial charge in [-0.2, -0.15) is 18.4 Å². The molecule has 0 aliphatic heterocycles. The second-order valence-electron chi connectivity index (χ2n) is 2.23. The summed E-state index contributed by atoms with van der Waals surface area (Å²) in [5, 5.41) is 16.8. The van der Waals surface area contributed by atoms with Crippen LogP contribution in [-0.4, -0.2) is 5.11 Å². The van der Waals surface area contributed by atoms with Crippen LogP contribution in [0, 0.1) is 11.3 Å². The predicted molar refractivity (Wildman–Crippen MR) is 34.3 cm³/mol. The Hall–Kier alpha value is -1.48. The largest absolute Gasteiger partial charge is 0.449 e. The first kappa shape index (κ1) is 9.61. The number of furan rings is 1. The maximum absolute atomic E-state index is 12.1. The second kappa shape index (κ2) is 3.11. The number of hydrogen-bond donors (Lipinski definition) is 1. The molecule has 1 heterocycles. The molecule has 0 atom stereocenters. The van der Waals surface area contributed by atoms with Crippen molar-refractivity contribution in [1.29, 1.82) is 5.26 Å². The van der Waals surface area contributed by atoms with Gasteiger partial charge in [0.25, 0.3) is 0 Å².